The Balaban J connectivity index is 1.85. The second-order valence-electron chi connectivity index (χ2n) is 12.5. The molecule has 0 saturated heterocycles. The van der Waals surface area contributed by atoms with Crippen LogP contribution in [-0.2, 0) is 61.7 Å². The summed E-state index contributed by atoms with van der Waals surface area (Å²) >= 11 is 0. The lowest BCUT2D eigenvalue weighted by Gasteiger charge is -2.19. The number of carbonyl (C=O) groups excluding carboxylic acids is 5. The lowest BCUT2D eigenvalue weighted by Crippen LogP contribution is -2.34. The third-order valence-corrected chi connectivity index (χ3v) is 6.72. The molecular weight excluding hydrogens is 742 g/mol. The van der Waals surface area contributed by atoms with E-state index in [0.29, 0.717) is 99.0 Å². The van der Waals surface area contributed by atoms with Gasteiger partial charge in [-0.3, -0.25) is 9.59 Å². The van der Waals surface area contributed by atoms with Crippen LogP contribution in [0, 0.1) is 0 Å². The van der Waals surface area contributed by atoms with Gasteiger partial charge in [0.15, 0.2) is 0 Å². The monoisotopic (exact) mass is 803 g/mol. The molecule has 1 aromatic rings. The van der Waals surface area contributed by atoms with Crippen LogP contribution in [-0.4, -0.2) is 168 Å². The summed E-state index contributed by atoms with van der Waals surface area (Å²) in [6, 6.07) is 4.12. The molecule has 0 unspecified atom stereocenters. The smallest absolute Gasteiger partial charge is 0.407 e. The topological polar surface area (TPSA) is 223 Å². The molecular formula is C37H61N3O16. The predicted molar refractivity (Wildman–Crippen MR) is 201 cm³/mol. The van der Waals surface area contributed by atoms with Gasteiger partial charge in [-0.15, -0.1) is 0 Å². The summed E-state index contributed by atoms with van der Waals surface area (Å²) in [6.45, 7) is 11.7. The molecule has 0 aliphatic carbocycles. The van der Waals surface area contributed by atoms with Crippen molar-refractivity contribution < 1.29 is 76.1 Å². The first kappa shape index (κ1) is 50.1. The third-order valence-electron chi connectivity index (χ3n) is 6.72. The van der Waals surface area contributed by atoms with E-state index in [1.54, 1.807) is 20.8 Å². The quantitative estimate of drug-likeness (QED) is 0.0523. The first-order chi connectivity index (χ1) is 26.9. The van der Waals surface area contributed by atoms with Crippen LogP contribution in [0.15, 0.2) is 18.2 Å². The second kappa shape index (κ2) is 32.2. The van der Waals surface area contributed by atoms with Gasteiger partial charge in [-0.1, -0.05) is 0 Å². The average molecular weight is 804 g/mol. The van der Waals surface area contributed by atoms with Crippen LogP contribution in [0.3, 0.4) is 0 Å². The van der Waals surface area contributed by atoms with Crippen molar-refractivity contribution >= 4 is 35.5 Å². The number of esters is 2. The highest BCUT2D eigenvalue weighted by molar-refractivity contribution is 5.99. The molecule has 3 N–H and O–H groups in total. The van der Waals surface area contributed by atoms with Gasteiger partial charge >= 0.3 is 18.0 Å². The van der Waals surface area contributed by atoms with Crippen molar-refractivity contribution in [3.8, 4) is 0 Å². The van der Waals surface area contributed by atoms with Gasteiger partial charge in [0.05, 0.1) is 137 Å². The number of anilines is 1. The standard InChI is InChI=1S/C37H61N3O16/c1-37(2,3)56-36(45)39-9-13-51-17-21-55-25-22-52-18-14-48-10-6-32(41)38-8-12-50-16-20-54-24-23-53-19-15-49-11-7-33(42)40-31-27-29(34(43)46-4)26-30(28-31)35(44)47-5/h26-28H,6-25H2,1-5H3,(H,38,41)(H,39,45)(H,40,42). The van der Waals surface area contributed by atoms with Gasteiger partial charge in [-0.25, -0.2) is 14.4 Å². The van der Waals surface area contributed by atoms with E-state index < -0.39 is 23.6 Å². The van der Waals surface area contributed by atoms with Crippen molar-refractivity contribution in [3.05, 3.63) is 29.3 Å². The van der Waals surface area contributed by atoms with Gasteiger partial charge in [0, 0.05) is 25.2 Å². The van der Waals surface area contributed by atoms with Crippen LogP contribution >= 0.6 is 0 Å². The van der Waals surface area contributed by atoms with Crippen molar-refractivity contribution in [2.75, 3.05) is 138 Å². The number of benzene rings is 1. The van der Waals surface area contributed by atoms with Crippen LogP contribution in [0.1, 0.15) is 54.3 Å². The maximum atomic E-state index is 12.3. The van der Waals surface area contributed by atoms with E-state index in [9.17, 15) is 24.0 Å². The largest absolute Gasteiger partial charge is 0.465 e. The van der Waals surface area contributed by atoms with Crippen LogP contribution in [0.4, 0.5) is 10.5 Å². The maximum Gasteiger partial charge on any atom is 0.407 e. The molecule has 0 bridgehead atoms. The summed E-state index contributed by atoms with van der Waals surface area (Å²) in [7, 11) is 2.42. The van der Waals surface area contributed by atoms with Gasteiger partial charge < -0.3 is 68.1 Å². The molecule has 19 heteroatoms. The number of hydrogen-bond acceptors (Lipinski definition) is 16. The number of alkyl carbamates (subject to hydrolysis) is 1. The highest BCUT2D eigenvalue weighted by Gasteiger charge is 2.16. The molecule has 0 fully saturated rings. The molecule has 0 radical (unpaired) electrons. The zero-order valence-corrected chi connectivity index (χ0v) is 33.4. The Labute approximate surface area is 328 Å². The number of ether oxygens (including phenoxy) is 11. The molecule has 0 heterocycles. The number of methoxy groups -OCH3 is 2. The van der Waals surface area contributed by atoms with Gasteiger partial charge in [-0.05, 0) is 39.0 Å². The molecule has 0 saturated carbocycles. The maximum absolute atomic E-state index is 12.3. The summed E-state index contributed by atoms with van der Waals surface area (Å²) in [4.78, 5) is 59.5. The van der Waals surface area contributed by atoms with E-state index in [0.717, 1.165) is 0 Å². The van der Waals surface area contributed by atoms with E-state index in [-0.39, 0.29) is 61.3 Å². The Hall–Kier alpha value is -3.95. The molecule has 1 rings (SSSR count). The summed E-state index contributed by atoms with van der Waals surface area (Å²) in [5.41, 5.74) is -0.0925. The van der Waals surface area contributed by atoms with Crippen molar-refractivity contribution in [1.29, 1.82) is 0 Å². The normalized spacial score (nSPS) is 11.2. The second-order valence-corrected chi connectivity index (χ2v) is 12.5. The predicted octanol–water partition coefficient (Wildman–Crippen LogP) is 1.75. The summed E-state index contributed by atoms with van der Waals surface area (Å²) < 4.78 is 57.9. The van der Waals surface area contributed by atoms with E-state index in [1.165, 1.54) is 32.4 Å². The Morgan fingerprint density at radius 3 is 1.23 bits per heavy atom. The molecule has 0 aliphatic heterocycles. The number of hydrogen-bond donors (Lipinski definition) is 3. The highest BCUT2D eigenvalue weighted by atomic mass is 16.6. The molecule has 0 spiro atoms. The van der Waals surface area contributed by atoms with Gasteiger partial charge in [0.1, 0.15) is 5.60 Å². The average Bonchev–Trinajstić information content (AvgIpc) is 3.16. The van der Waals surface area contributed by atoms with E-state index in [2.05, 4.69) is 16.0 Å². The zero-order chi connectivity index (χ0) is 41.3. The summed E-state index contributed by atoms with van der Waals surface area (Å²) in [5, 5.41) is 8.00. The van der Waals surface area contributed by atoms with Crippen LogP contribution in [0.25, 0.3) is 0 Å². The fourth-order valence-corrected chi connectivity index (χ4v) is 4.14. The summed E-state index contributed by atoms with van der Waals surface area (Å²) in [5.74, 6) is -1.82. The first-order valence-electron chi connectivity index (χ1n) is 18.4. The SMILES string of the molecule is COC(=O)c1cc(NC(=O)CCOCCOCCOCCOCCNC(=O)CCOCCOCCOCCOCCNC(=O)OC(C)(C)C)cc(C(=O)OC)c1. The molecule has 0 aromatic heterocycles. The minimum atomic E-state index is -0.658. The molecule has 320 valence electrons. The molecule has 0 aliphatic rings. The molecule has 1 aromatic carbocycles. The minimum Gasteiger partial charge on any atom is -0.465 e. The Morgan fingerprint density at radius 2 is 0.839 bits per heavy atom. The number of amides is 3. The minimum absolute atomic E-state index is 0.0477. The van der Waals surface area contributed by atoms with E-state index >= 15 is 0 Å². The van der Waals surface area contributed by atoms with Crippen molar-refractivity contribution in [2.45, 2.75) is 39.2 Å². The van der Waals surface area contributed by atoms with Gasteiger partial charge in [0.2, 0.25) is 11.8 Å². The molecule has 19 nitrogen and oxygen atoms in total. The fourth-order valence-electron chi connectivity index (χ4n) is 4.14. The molecule has 56 heavy (non-hydrogen) atoms. The van der Waals surface area contributed by atoms with Crippen LogP contribution in [0.5, 0.6) is 0 Å². The van der Waals surface area contributed by atoms with E-state index in [4.69, 9.17) is 52.1 Å². The van der Waals surface area contributed by atoms with Gasteiger partial charge in [0.25, 0.3) is 0 Å². The Bertz CT molecular complexity index is 1230. The first-order valence-corrected chi connectivity index (χ1v) is 18.4. The fraction of sp³-hybridized carbons (Fsp3) is 0.703. The highest BCUT2D eigenvalue weighted by Crippen LogP contribution is 2.17. The lowest BCUT2D eigenvalue weighted by atomic mass is 10.1. The summed E-state index contributed by atoms with van der Waals surface area (Å²) in [6.07, 6.45) is -0.197. The number of rotatable bonds is 33. The lowest BCUT2D eigenvalue weighted by molar-refractivity contribution is -0.122. The van der Waals surface area contributed by atoms with Crippen molar-refractivity contribution in [1.82, 2.24) is 10.6 Å². The zero-order valence-electron chi connectivity index (χ0n) is 33.4. The molecule has 0 atom stereocenters. The van der Waals surface area contributed by atoms with Crippen molar-refractivity contribution in [2.24, 2.45) is 0 Å². The van der Waals surface area contributed by atoms with Gasteiger partial charge in [-0.2, -0.15) is 0 Å². The number of carbonyl (C=O) groups is 5. The van der Waals surface area contributed by atoms with Crippen LogP contribution in [0.2, 0.25) is 0 Å². The van der Waals surface area contributed by atoms with Crippen LogP contribution < -0.4 is 16.0 Å². The Morgan fingerprint density at radius 1 is 0.482 bits per heavy atom. The van der Waals surface area contributed by atoms with Crippen molar-refractivity contribution in [3.63, 3.8) is 0 Å². The van der Waals surface area contributed by atoms with E-state index in [1.807, 2.05) is 0 Å². The molecule has 3 amide bonds. The Kier molecular flexibility index (Phi) is 28.8. The third kappa shape index (κ3) is 28.5. The number of nitrogens with one attached hydrogen (secondary N) is 3.